The van der Waals surface area contributed by atoms with Crippen LogP contribution in [0.3, 0.4) is 0 Å². The highest BCUT2D eigenvalue weighted by Gasteiger charge is 2.48. The summed E-state index contributed by atoms with van der Waals surface area (Å²) >= 11 is 0. The zero-order valence-corrected chi connectivity index (χ0v) is 23.9. The van der Waals surface area contributed by atoms with Crippen LogP contribution in [0.4, 0.5) is 10.5 Å². The molecule has 1 fully saturated rings. The highest BCUT2D eigenvalue weighted by Crippen LogP contribution is 2.57. The molecule has 42 heavy (non-hydrogen) atoms. The van der Waals surface area contributed by atoms with Crippen molar-refractivity contribution in [3.63, 3.8) is 0 Å². The molecule has 1 aliphatic heterocycles. The molecule has 2 heterocycles. The van der Waals surface area contributed by atoms with Gasteiger partial charge >= 0.3 is 12.1 Å². The van der Waals surface area contributed by atoms with Crippen molar-refractivity contribution < 1.29 is 28.9 Å². The van der Waals surface area contributed by atoms with E-state index in [9.17, 15) is 14.7 Å². The molecule has 3 aromatic carbocycles. The number of carbonyl (C=O) groups excluding carboxylic acids is 2. The van der Waals surface area contributed by atoms with Gasteiger partial charge in [-0.25, -0.2) is 9.59 Å². The normalized spacial score (nSPS) is 16.8. The van der Waals surface area contributed by atoms with Crippen LogP contribution in [0.25, 0.3) is 11.1 Å². The Morgan fingerprint density at radius 1 is 1.07 bits per heavy atom. The highest BCUT2D eigenvalue weighted by atomic mass is 16.6. The van der Waals surface area contributed by atoms with E-state index in [0.717, 1.165) is 45.7 Å². The highest BCUT2D eigenvalue weighted by molar-refractivity contribution is 5.92. The lowest BCUT2D eigenvalue weighted by Gasteiger charge is -2.29. The van der Waals surface area contributed by atoms with Crippen LogP contribution >= 0.6 is 0 Å². The summed E-state index contributed by atoms with van der Waals surface area (Å²) in [5.41, 5.74) is 7.08. The summed E-state index contributed by atoms with van der Waals surface area (Å²) in [6.45, 7) is 5.40. The molecular formula is C33H33N3O6. The fraction of sp³-hybridized carbons (Fsp3) is 0.303. The van der Waals surface area contributed by atoms with Gasteiger partial charge in [0.05, 0.1) is 31.1 Å². The maximum absolute atomic E-state index is 13.2. The summed E-state index contributed by atoms with van der Waals surface area (Å²) in [4.78, 5) is 26.9. The van der Waals surface area contributed by atoms with Gasteiger partial charge in [0.15, 0.2) is 0 Å². The van der Waals surface area contributed by atoms with Gasteiger partial charge in [0.25, 0.3) is 0 Å². The molecule has 1 saturated carbocycles. The van der Waals surface area contributed by atoms with E-state index in [4.69, 9.17) is 14.2 Å². The fourth-order valence-corrected chi connectivity index (χ4v) is 5.70. The van der Waals surface area contributed by atoms with Gasteiger partial charge < -0.3 is 19.3 Å². The Bertz CT molecular complexity index is 1660. The Balaban J connectivity index is 1.17. The van der Waals surface area contributed by atoms with E-state index in [0.29, 0.717) is 29.5 Å². The molecule has 0 radical (unpaired) electrons. The van der Waals surface area contributed by atoms with Crippen LogP contribution in [0.2, 0.25) is 0 Å². The second kappa shape index (κ2) is 11.2. The molecule has 4 aromatic rings. The van der Waals surface area contributed by atoms with Crippen molar-refractivity contribution in [2.45, 2.75) is 32.7 Å². The molecule has 2 atom stereocenters. The van der Waals surface area contributed by atoms with E-state index >= 15 is 0 Å². The largest absolute Gasteiger partial charge is 0.508 e. The van der Waals surface area contributed by atoms with Crippen LogP contribution in [0, 0.1) is 19.8 Å². The lowest BCUT2D eigenvalue weighted by atomic mass is 9.93. The number of anilines is 1. The summed E-state index contributed by atoms with van der Waals surface area (Å²) in [6, 6.07) is 16.5. The molecule has 0 saturated heterocycles. The molecule has 0 bridgehead atoms. The fourth-order valence-electron chi connectivity index (χ4n) is 5.70. The van der Waals surface area contributed by atoms with Gasteiger partial charge in [-0.1, -0.05) is 24.3 Å². The molecular weight excluding hydrogens is 534 g/mol. The van der Waals surface area contributed by atoms with E-state index in [1.54, 1.807) is 21.8 Å². The third-order valence-corrected chi connectivity index (χ3v) is 8.20. The third-order valence-electron chi connectivity index (χ3n) is 8.20. The van der Waals surface area contributed by atoms with Crippen molar-refractivity contribution in [2.75, 3.05) is 31.8 Å². The van der Waals surface area contributed by atoms with Crippen molar-refractivity contribution in [2.24, 2.45) is 5.92 Å². The van der Waals surface area contributed by atoms with Crippen molar-refractivity contribution in [1.82, 2.24) is 9.78 Å². The van der Waals surface area contributed by atoms with Gasteiger partial charge in [0.1, 0.15) is 24.7 Å². The van der Waals surface area contributed by atoms with E-state index in [2.05, 4.69) is 11.2 Å². The van der Waals surface area contributed by atoms with Gasteiger partial charge in [-0.15, -0.1) is 0 Å². The monoisotopic (exact) mass is 567 g/mol. The van der Waals surface area contributed by atoms with E-state index < -0.39 is 5.97 Å². The van der Waals surface area contributed by atoms with Crippen LogP contribution in [-0.2, 0) is 16.0 Å². The molecule has 2 aliphatic rings. The summed E-state index contributed by atoms with van der Waals surface area (Å²) < 4.78 is 18.0. The number of amides is 1. The van der Waals surface area contributed by atoms with E-state index in [1.807, 2.05) is 50.4 Å². The number of aromatic nitrogens is 2. The van der Waals surface area contributed by atoms with E-state index in [-0.39, 0.29) is 31.6 Å². The average Bonchev–Trinajstić information content (AvgIpc) is 3.65. The van der Waals surface area contributed by atoms with Crippen LogP contribution < -0.4 is 9.64 Å². The maximum Gasteiger partial charge on any atom is 0.414 e. The predicted octanol–water partition coefficient (Wildman–Crippen LogP) is 5.85. The topological polar surface area (TPSA) is 103 Å². The molecule has 9 heteroatoms. The molecule has 0 spiro atoms. The van der Waals surface area contributed by atoms with Crippen molar-refractivity contribution >= 4 is 17.7 Å². The number of aromatic hydroxyl groups is 1. The molecule has 1 aliphatic carbocycles. The van der Waals surface area contributed by atoms with Crippen LogP contribution in [0.15, 0.2) is 67.0 Å². The Morgan fingerprint density at radius 2 is 1.90 bits per heavy atom. The number of ether oxygens (including phenoxy) is 3. The minimum Gasteiger partial charge on any atom is -0.508 e. The number of phenols is 1. The summed E-state index contributed by atoms with van der Waals surface area (Å²) in [7, 11) is 1.32. The second-order valence-electron chi connectivity index (χ2n) is 10.9. The number of esters is 1. The quantitative estimate of drug-likeness (QED) is 0.211. The predicted molar refractivity (Wildman–Crippen MR) is 157 cm³/mol. The first kappa shape index (κ1) is 27.4. The number of hydrogen-bond acceptors (Lipinski definition) is 7. The first-order valence-electron chi connectivity index (χ1n) is 14.0. The zero-order chi connectivity index (χ0) is 29.4. The zero-order valence-electron chi connectivity index (χ0n) is 23.9. The SMILES string of the molecule is COC(=O)c1ccc(O)c(Cn2cc(-c3cccc4c3[C@H]3C[C@H]3CN4C(=O)OCCOc3cccc(C)c3C)cn2)c1. The Kier molecular flexibility index (Phi) is 7.33. The molecule has 216 valence electrons. The Morgan fingerprint density at radius 3 is 2.74 bits per heavy atom. The van der Waals surface area contributed by atoms with Crippen LogP contribution in [0.5, 0.6) is 11.5 Å². The van der Waals surface area contributed by atoms with Gasteiger partial charge in [0.2, 0.25) is 0 Å². The minimum atomic E-state index is -0.468. The van der Waals surface area contributed by atoms with Crippen LogP contribution in [-0.4, -0.2) is 53.8 Å². The molecule has 1 N–H and O–H groups in total. The number of rotatable bonds is 8. The first-order valence-corrected chi connectivity index (χ1v) is 14.0. The second-order valence-corrected chi connectivity index (χ2v) is 10.9. The summed E-state index contributed by atoms with van der Waals surface area (Å²) in [6.07, 6.45) is 4.35. The van der Waals surface area contributed by atoms with Gasteiger partial charge in [-0.05, 0) is 84.7 Å². The van der Waals surface area contributed by atoms with Gasteiger partial charge in [-0.2, -0.15) is 5.10 Å². The molecule has 1 amide bonds. The average molecular weight is 568 g/mol. The minimum absolute atomic E-state index is 0.0752. The number of aryl methyl sites for hydroxylation is 1. The Labute approximate surface area is 244 Å². The number of hydrogen-bond donors (Lipinski definition) is 1. The maximum atomic E-state index is 13.2. The Hall–Kier alpha value is -4.79. The van der Waals surface area contributed by atoms with E-state index in [1.165, 1.54) is 19.2 Å². The molecule has 6 rings (SSSR count). The van der Waals surface area contributed by atoms with Crippen molar-refractivity contribution in [1.29, 1.82) is 0 Å². The lowest BCUT2D eigenvalue weighted by molar-refractivity contribution is 0.0600. The van der Waals surface area contributed by atoms with Crippen LogP contribution in [0.1, 0.15) is 45.0 Å². The number of methoxy groups -OCH3 is 1. The smallest absolute Gasteiger partial charge is 0.414 e. The van der Waals surface area contributed by atoms with Crippen molar-refractivity contribution in [3.05, 3.63) is 94.8 Å². The van der Waals surface area contributed by atoms with Gasteiger partial charge in [0, 0.05) is 23.9 Å². The number of benzene rings is 3. The standard InChI is InChI=1S/C33H33N3O6/c1-20-6-4-9-30(21(20)2)41-12-13-42-33(39)36-19-23-15-27(23)31-26(7-5-8-28(31)36)25-16-34-35(18-25)17-24-14-22(32(38)40-3)10-11-29(24)37/h4-11,14,16,18,23,27,37H,12-13,15,17,19H2,1-3H3/t23-,27-/m0/s1. The van der Waals surface area contributed by atoms with Gasteiger partial charge in [-0.3, -0.25) is 9.58 Å². The number of carbonyl (C=O) groups is 2. The van der Waals surface area contributed by atoms with Crippen molar-refractivity contribution in [3.8, 4) is 22.6 Å². The summed E-state index contributed by atoms with van der Waals surface area (Å²) in [5.74, 6) is 1.18. The summed E-state index contributed by atoms with van der Waals surface area (Å²) in [5, 5.41) is 14.9. The third kappa shape index (κ3) is 5.30. The lowest BCUT2D eigenvalue weighted by Crippen LogP contribution is -2.37. The number of nitrogens with zero attached hydrogens (tertiary/aromatic N) is 3. The molecule has 0 unspecified atom stereocenters. The molecule has 9 nitrogen and oxygen atoms in total. The molecule has 1 aromatic heterocycles. The number of phenolic OH excluding ortho intramolecular Hbond substituents is 1. The number of fused-ring (bicyclic) bond motifs is 3. The first-order chi connectivity index (χ1) is 20.3.